The molecular formula is C21H19N3O5. The summed E-state index contributed by atoms with van der Waals surface area (Å²) in [6.07, 6.45) is 1.45. The molecule has 0 aliphatic rings. The molecule has 3 rings (SSSR count). The first kappa shape index (κ1) is 19.8. The number of aryl methyl sites for hydroxylation is 1. The number of hydrogen-bond acceptors (Lipinski definition) is 7. The third-order valence-corrected chi connectivity index (χ3v) is 3.96. The van der Waals surface area contributed by atoms with Crippen molar-refractivity contribution in [2.75, 3.05) is 7.11 Å². The Hall–Kier alpha value is -3.94. The summed E-state index contributed by atoms with van der Waals surface area (Å²) in [5.74, 6) is 0.173. The number of carbonyl (C=O) groups excluding carboxylic acids is 2. The van der Waals surface area contributed by atoms with Gasteiger partial charge in [-0.1, -0.05) is 35.5 Å². The maximum atomic E-state index is 12.6. The van der Waals surface area contributed by atoms with Crippen LogP contribution >= 0.6 is 0 Å². The van der Waals surface area contributed by atoms with Crippen molar-refractivity contribution in [3.63, 3.8) is 0 Å². The second kappa shape index (κ2) is 8.83. The quantitative estimate of drug-likeness (QED) is 0.298. The Morgan fingerprint density at radius 1 is 1.14 bits per heavy atom. The molecule has 0 spiro atoms. The average Bonchev–Trinajstić information content (AvgIpc) is 3.10. The molecule has 1 N–H and O–H groups in total. The highest BCUT2D eigenvalue weighted by Gasteiger charge is 2.21. The van der Waals surface area contributed by atoms with Gasteiger partial charge in [0.1, 0.15) is 17.0 Å². The summed E-state index contributed by atoms with van der Waals surface area (Å²) in [4.78, 5) is 23.7. The SMILES string of the molecule is COc1cc(/C=N\NC(=O)c2c(-c3ccccc3)noc2C)ccc1OC(C)=O. The van der Waals surface area contributed by atoms with Gasteiger partial charge in [0.2, 0.25) is 0 Å². The number of rotatable bonds is 6. The van der Waals surface area contributed by atoms with E-state index in [0.29, 0.717) is 34.1 Å². The number of carbonyl (C=O) groups is 2. The predicted octanol–water partition coefficient (Wildman–Crippen LogP) is 3.35. The average molecular weight is 393 g/mol. The second-order valence-electron chi connectivity index (χ2n) is 6.03. The van der Waals surface area contributed by atoms with Crippen LogP contribution in [0.25, 0.3) is 11.3 Å². The van der Waals surface area contributed by atoms with E-state index < -0.39 is 11.9 Å². The van der Waals surface area contributed by atoms with Crippen molar-refractivity contribution in [2.24, 2.45) is 5.10 Å². The van der Waals surface area contributed by atoms with Crippen molar-refractivity contribution in [1.82, 2.24) is 10.6 Å². The Morgan fingerprint density at radius 2 is 1.90 bits per heavy atom. The number of esters is 1. The minimum absolute atomic E-state index is 0.300. The van der Waals surface area contributed by atoms with Gasteiger partial charge < -0.3 is 14.0 Å². The summed E-state index contributed by atoms with van der Waals surface area (Å²) in [5.41, 5.74) is 4.65. The molecule has 0 aliphatic heterocycles. The minimum Gasteiger partial charge on any atom is -0.493 e. The lowest BCUT2D eigenvalue weighted by Crippen LogP contribution is -2.18. The lowest BCUT2D eigenvalue weighted by atomic mass is 10.1. The van der Waals surface area contributed by atoms with Gasteiger partial charge in [-0.3, -0.25) is 9.59 Å². The van der Waals surface area contributed by atoms with Crippen molar-refractivity contribution in [3.05, 3.63) is 65.4 Å². The van der Waals surface area contributed by atoms with Crippen molar-refractivity contribution in [1.29, 1.82) is 0 Å². The zero-order chi connectivity index (χ0) is 20.8. The number of nitrogens with one attached hydrogen (secondary N) is 1. The number of benzene rings is 2. The first-order valence-corrected chi connectivity index (χ1v) is 8.71. The summed E-state index contributed by atoms with van der Waals surface area (Å²) >= 11 is 0. The van der Waals surface area contributed by atoms with E-state index in [1.807, 2.05) is 30.3 Å². The third kappa shape index (κ3) is 4.67. The molecule has 29 heavy (non-hydrogen) atoms. The molecule has 1 heterocycles. The standard InChI is InChI=1S/C21H19N3O5/c1-13-19(20(24-29-13)16-7-5-4-6-8-16)21(26)23-22-12-15-9-10-17(28-14(2)25)18(11-15)27-3/h4-12H,1-3H3,(H,23,26)/b22-12-. The van der Waals surface area contributed by atoms with Crippen LogP contribution in [0.15, 0.2) is 58.2 Å². The maximum absolute atomic E-state index is 12.6. The first-order valence-electron chi connectivity index (χ1n) is 8.71. The van der Waals surface area contributed by atoms with E-state index in [0.717, 1.165) is 5.56 Å². The molecule has 8 nitrogen and oxygen atoms in total. The van der Waals surface area contributed by atoms with E-state index in [2.05, 4.69) is 15.7 Å². The monoisotopic (exact) mass is 393 g/mol. The van der Waals surface area contributed by atoms with E-state index in [-0.39, 0.29) is 0 Å². The van der Waals surface area contributed by atoms with Crippen LogP contribution < -0.4 is 14.9 Å². The Morgan fingerprint density at radius 3 is 2.59 bits per heavy atom. The molecule has 0 saturated heterocycles. The Balaban J connectivity index is 1.76. The number of hydrogen-bond donors (Lipinski definition) is 1. The molecule has 0 saturated carbocycles. The van der Waals surface area contributed by atoms with Gasteiger partial charge in [0.05, 0.1) is 13.3 Å². The summed E-state index contributed by atoms with van der Waals surface area (Å²) in [6.45, 7) is 2.97. The van der Waals surface area contributed by atoms with E-state index >= 15 is 0 Å². The van der Waals surface area contributed by atoms with Gasteiger partial charge in [0, 0.05) is 12.5 Å². The Bertz CT molecular complexity index is 1060. The molecule has 2 aromatic carbocycles. The Labute approximate surface area is 167 Å². The number of methoxy groups -OCH3 is 1. The van der Waals surface area contributed by atoms with Crippen LogP contribution in [0.3, 0.4) is 0 Å². The third-order valence-electron chi connectivity index (χ3n) is 3.96. The van der Waals surface area contributed by atoms with E-state index in [4.69, 9.17) is 14.0 Å². The topological polar surface area (TPSA) is 103 Å². The number of amides is 1. The molecule has 0 atom stereocenters. The normalized spacial score (nSPS) is 10.7. The predicted molar refractivity (Wildman–Crippen MR) is 106 cm³/mol. The molecule has 0 bridgehead atoms. The van der Waals surface area contributed by atoms with Crippen molar-refractivity contribution in [3.8, 4) is 22.8 Å². The summed E-state index contributed by atoms with van der Waals surface area (Å²) in [7, 11) is 1.46. The smallest absolute Gasteiger partial charge is 0.308 e. The highest BCUT2D eigenvalue weighted by molar-refractivity contribution is 6.01. The fourth-order valence-electron chi connectivity index (χ4n) is 2.66. The number of aromatic nitrogens is 1. The molecule has 1 aromatic heterocycles. The van der Waals surface area contributed by atoms with Crippen LogP contribution in [0.4, 0.5) is 0 Å². The zero-order valence-corrected chi connectivity index (χ0v) is 16.1. The number of nitrogens with zero attached hydrogens (tertiary/aromatic N) is 2. The molecule has 8 heteroatoms. The maximum Gasteiger partial charge on any atom is 0.308 e. The first-order chi connectivity index (χ1) is 14.0. The fourth-order valence-corrected chi connectivity index (χ4v) is 2.66. The minimum atomic E-state index is -0.449. The largest absolute Gasteiger partial charge is 0.493 e. The lowest BCUT2D eigenvalue weighted by Gasteiger charge is -2.08. The fraction of sp³-hybridized carbons (Fsp3) is 0.143. The molecule has 0 radical (unpaired) electrons. The number of hydrazone groups is 1. The molecule has 1 amide bonds. The highest BCUT2D eigenvalue weighted by atomic mass is 16.6. The van der Waals surface area contributed by atoms with Crippen molar-refractivity contribution < 1.29 is 23.6 Å². The van der Waals surface area contributed by atoms with Crippen molar-refractivity contribution >= 4 is 18.1 Å². The van der Waals surface area contributed by atoms with Gasteiger partial charge in [0.25, 0.3) is 5.91 Å². The van der Waals surface area contributed by atoms with Gasteiger partial charge in [-0.15, -0.1) is 0 Å². The van der Waals surface area contributed by atoms with Gasteiger partial charge in [-0.25, -0.2) is 5.43 Å². The van der Waals surface area contributed by atoms with Crippen LogP contribution in [-0.2, 0) is 4.79 Å². The summed E-state index contributed by atoms with van der Waals surface area (Å²) < 4.78 is 15.5. The van der Waals surface area contributed by atoms with Gasteiger partial charge >= 0.3 is 5.97 Å². The second-order valence-corrected chi connectivity index (χ2v) is 6.03. The summed E-state index contributed by atoms with van der Waals surface area (Å²) in [6, 6.07) is 14.2. The van der Waals surface area contributed by atoms with Gasteiger partial charge in [-0.05, 0) is 30.7 Å². The van der Waals surface area contributed by atoms with Crippen LogP contribution in [0, 0.1) is 6.92 Å². The molecule has 0 unspecified atom stereocenters. The van der Waals surface area contributed by atoms with E-state index in [1.54, 1.807) is 25.1 Å². The summed E-state index contributed by atoms with van der Waals surface area (Å²) in [5, 5.41) is 7.97. The van der Waals surface area contributed by atoms with E-state index in [1.165, 1.54) is 20.2 Å². The van der Waals surface area contributed by atoms with Gasteiger partial charge in [0.15, 0.2) is 11.5 Å². The molecule has 148 valence electrons. The van der Waals surface area contributed by atoms with Crippen LogP contribution in [-0.4, -0.2) is 30.4 Å². The highest BCUT2D eigenvalue weighted by Crippen LogP contribution is 2.28. The molecular weight excluding hydrogens is 374 g/mol. The van der Waals surface area contributed by atoms with Crippen LogP contribution in [0.5, 0.6) is 11.5 Å². The zero-order valence-electron chi connectivity index (χ0n) is 16.1. The van der Waals surface area contributed by atoms with Crippen molar-refractivity contribution in [2.45, 2.75) is 13.8 Å². The Kier molecular flexibility index (Phi) is 6.03. The van der Waals surface area contributed by atoms with Gasteiger partial charge in [-0.2, -0.15) is 5.10 Å². The molecule has 0 fully saturated rings. The number of ether oxygens (including phenoxy) is 2. The van der Waals surface area contributed by atoms with Crippen LogP contribution in [0.1, 0.15) is 28.6 Å². The molecule has 3 aromatic rings. The van der Waals surface area contributed by atoms with Crippen LogP contribution in [0.2, 0.25) is 0 Å². The van der Waals surface area contributed by atoms with E-state index in [9.17, 15) is 9.59 Å². The molecule has 0 aliphatic carbocycles. The lowest BCUT2D eigenvalue weighted by molar-refractivity contribution is -0.132.